The van der Waals surface area contributed by atoms with Gasteiger partial charge in [-0.15, -0.1) is 9.67 Å². The molecule has 1 aromatic carbocycles. The van der Waals surface area contributed by atoms with Crippen molar-refractivity contribution in [3.05, 3.63) is 29.8 Å². The number of nitrogen functional groups attached to an aromatic ring is 1. The number of nitrogens with one attached hydrogen (secondary N) is 2. The molecule has 0 aliphatic carbocycles. The van der Waals surface area contributed by atoms with Crippen LogP contribution in [0.1, 0.15) is 0 Å². The number of anilines is 3. The molecule has 0 radical (unpaired) electrons. The number of hydrogen-bond acceptors (Lipinski definition) is 7. The van der Waals surface area contributed by atoms with Crippen LogP contribution in [0.4, 0.5) is 17.6 Å². The summed E-state index contributed by atoms with van der Waals surface area (Å²) in [5, 5.41) is 8.71. The summed E-state index contributed by atoms with van der Waals surface area (Å²) in [4.78, 5) is 8.47. The average molecular weight is 319 g/mol. The summed E-state index contributed by atoms with van der Waals surface area (Å²) < 4.78 is 12.2. The van der Waals surface area contributed by atoms with Crippen molar-refractivity contribution in [3.63, 3.8) is 0 Å². The van der Waals surface area contributed by atoms with Crippen LogP contribution in [0.15, 0.2) is 29.8 Å². The van der Waals surface area contributed by atoms with E-state index in [2.05, 4.69) is 20.4 Å². The predicted molar refractivity (Wildman–Crippen MR) is 83.0 cm³/mol. The van der Waals surface area contributed by atoms with Gasteiger partial charge in [0.05, 0.1) is 26.1 Å². The summed E-state index contributed by atoms with van der Waals surface area (Å²) in [6, 6.07) is 5.46. The number of nitrogens with two attached hydrogens (primary N) is 1. The lowest BCUT2D eigenvalue weighted by atomic mass is 10.3. The molecule has 0 aliphatic rings. The van der Waals surface area contributed by atoms with E-state index in [0.29, 0.717) is 17.4 Å². The van der Waals surface area contributed by atoms with Gasteiger partial charge in [0.1, 0.15) is 11.5 Å². The molecule has 0 amide bonds. The number of ether oxygens (including phenoxy) is 2. The first-order valence-corrected chi connectivity index (χ1v) is 7.25. The number of aromatic amines is 1. The molecule has 3 rings (SSSR count). The largest absolute Gasteiger partial charge is 0.497 e. The van der Waals surface area contributed by atoms with Crippen LogP contribution in [0.5, 0.6) is 11.5 Å². The third-order valence-electron chi connectivity index (χ3n) is 2.88. The lowest BCUT2D eigenvalue weighted by molar-refractivity contribution is -0.640. The zero-order valence-corrected chi connectivity index (χ0v) is 12.8. The number of hydrogen-bond donors (Lipinski definition) is 3. The third-order valence-corrected chi connectivity index (χ3v) is 3.64. The smallest absolute Gasteiger partial charge is 0.378 e. The van der Waals surface area contributed by atoms with E-state index in [9.17, 15) is 0 Å². The molecule has 2 aromatic heterocycles. The molecule has 0 saturated heterocycles. The summed E-state index contributed by atoms with van der Waals surface area (Å²) in [6.07, 6.45) is 1.71. The van der Waals surface area contributed by atoms with E-state index in [-0.39, 0.29) is 5.95 Å². The SMILES string of the molecule is COc1cc(Nc2nc(N)[nH][n+]2-c2nccs2)cc(OC)c1. The van der Waals surface area contributed by atoms with Crippen LogP contribution >= 0.6 is 11.3 Å². The lowest BCUT2D eigenvalue weighted by Crippen LogP contribution is -2.35. The van der Waals surface area contributed by atoms with Crippen LogP contribution in [0, 0.1) is 0 Å². The van der Waals surface area contributed by atoms with Crippen molar-refractivity contribution in [1.82, 2.24) is 15.1 Å². The van der Waals surface area contributed by atoms with E-state index in [4.69, 9.17) is 15.2 Å². The Bertz CT molecular complexity index is 749. The number of methoxy groups -OCH3 is 2. The van der Waals surface area contributed by atoms with Gasteiger partial charge < -0.3 is 15.2 Å². The maximum atomic E-state index is 5.75. The van der Waals surface area contributed by atoms with Crippen LogP contribution in [-0.4, -0.2) is 29.3 Å². The summed E-state index contributed by atoms with van der Waals surface area (Å²) in [7, 11) is 3.20. The van der Waals surface area contributed by atoms with Crippen LogP contribution in [0.3, 0.4) is 0 Å². The van der Waals surface area contributed by atoms with Gasteiger partial charge in [0.25, 0.3) is 5.95 Å². The van der Waals surface area contributed by atoms with Crippen molar-refractivity contribution in [3.8, 4) is 16.6 Å². The first kappa shape index (κ1) is 14.1. The van der Waals surface area contributed by atoms with E-state index in [0.717, 1.165) is 10.8 Å². The highest BCUT2D eigenvalue weighted by atomic mass is 32.1. The molecule has 114 valence electrons. The number of benzene rings is 1. The molecule has 2 heterocycles. The molecule has 9 heteroatoms. The van der Waals surface area contributed by atoms with Gasteiger partial charge in [-0.1, -0.05) is 16.3 Å². The molecule has 0 fully saturated rings. The molecule has 0 unspecified atom stereocenters. The molecule has 22 heavy (non-hydrogen) atoms. The first-order valence-electron chi connectivity index (χ1n) is 6.37. The number of H-pyrrole nitrogens is 1. The minimum Gasteiger partial charge on any atom is -0.497 e. The Morgan fingerprint density at radius 3 is 2.55 bits per heavy atom. The Balaban J connectivity index is 1.97. The van der Waals surface area contributed by atoms with Gasteiger partial charge in [0.15, 0.2) is 0 Å². The molecule has 8 nitrogen and oxygen atoms in total. The molecular formula is C13H15N6O2S+. The Kier molecular flexibility index (Phi) is 3.79. The molecule has 0 spiro atoms. The van der Waals surface area contributed by atoms with Crippen molar-refractivity contribution in [1.29, 1.82) is 0 Å². The van der Waals surface area contributed by atoms with Gasteiger partial charge in [-0.25, -0.2) is 5.10 Å². The zero-order valence-electron chi connectivity index (χ0n) is 12.0. The van der Waals surface area contributed by atoms with Crippen LogP contribution in [0.25, 0.3) is 5.13 Å². The summed E-state index contributed by atoms with van der Waals surface area (Å²) in [6.45, 7) is 0. The van der Waals surface area contributed by atoms with Gasteiger partial charge in [0.2, 0.25) is 0 Å². The fourth-order valence-corrected chi connectivity index (χ4v) is 2.52. The Morgan fingerprint density at radius 1 is 1.23 bits per heavy atom. The highest BCUT2D eigenvalue weighted by Gasteiger charge is 2.19. The maximum absolute atomic E-state index is 5.75. The average Bonchev–Trinajstić information content (AvgIpc) is 3.16. The molecule has 4 N–H and O–H groups in total. The number of nitrogens with zero attached hydrogens (tertiary/aromatic N) is 3. The van der Waals surface area contributed by atoms with Gasteiger partial charge in [-0.2, -0.15) is 0 Å². The van der Waals surface area contributed by atoms with Crippen LogP contribution < -0.4 is 25.2 Å². The zero-order chi connectivity index (χ0) is 15.5. The van der Waals surface area contributed by atoms with Crippen molar-refractivity contribution in [2.75, 3.05) is 25.3 Å². The van der Waals surface area contributed by atoms with Crippen molar-refractivity contribution in [2.24, 2.45) is 0 Å². The Morgan fingerprint density at radius 2 is 1.95 bits per heavy atom. The molecule has 0 bridgehead atoms. The van der Waals surface area contributed by atoms with E-state index < -0.39 is 0 Å². The minimum absolute atomic E-state index is 0.285. The topological polar surface area (TPSA) is 102 Å². The van der Waals surface area contributed by atoms with Crippen molar-refractivity contribution < 1.29 is 14.2 Å². The van der Waals surface area contributed by atoms with E-state index >= 15 is 0 Å². The van der Waals surface area contributed by atoms with Gasteiger partial charge in [0, 0.05) is 23.6 Å². The second kappa shape index (κ2) is 5.90. The number of thiazole rings is 1. The number of rotatable bonds is 5. The van der Waals surface area contributed by atoms with E-state index in [1.807, 2.05) is 17.5 Å². The first-order chi connectivity index (χ1) is 10.7. The minimum atomic E-state index is 0.285. The quantitative estimate of drug-likeness (QED) is 0.616. The lowest BCUT2D eigenvalue weighted by Gasteiger charge is -2.07. The van der Waals surface area contributed by atoms with Crippen molar-refractivity contribution in [2.45, 2.75) is 0 Å². The second-order valence-corrected chi connectivity index (χ2v) is 5.18. The molecule has 0 atom stereocenters. The van der Waals surface area contributed by atoms with Gasteiger partial charge in [-0.05, 0) is 0 Å². The van der Waals surface area contributed by atoms with E-state index in [1.165, 1.54) is 11.3 Å². The summed E-state index contributed by atoms with van der Waals surface area (Å²) in [5.41, 5.74) is 6.51. The van der Waals surface area contributed by atoms with E-state index in [1.54, 1.807) is 31.2 Å². The van der Waals surface area contributed by atoms with Gasteiger partial charge >= 0.3 is 11.1 Å². The summed E-state index contributed by atoms with van der Waals surface area (Å²) in [5.74, 6) is 2.15. The molecular weight excluding hydrogens is 304 g/mol. The molecule has 0 aliphatic heterocycles. The van der Waals surface area contributed by atoms with Crippen LogP contribution in [-0.2, 0) is 0 Å². The fraction of sp³-hybridized carbons (Fsp3) is 0.154. The third kappa shape index (κ3) is 2.79. The number of aromatic nitrogens is 4. The molecule has 0 saturated carbocycles. The maximum Gasteiger partial charge on any atom is 0.378 e. The monoisotopic (exact) mass is 319 g/mol. The molecule has 3 aromatic rings. The predicted octanol–water partition coefficient (Wildman–Crippen LogP) is 1.49. The normalized spacial score (nSPS) is 10.5. The highest BCUT2D eigenvalue weighted by molar-refractivity contribution is 7.11. The summed E-state index contributed by atoms with van der Waals surface area (Å²) >= 11 is 1.47. The van der Waals surface area contributed by atoms with Crippen molar-refractivity contribution >= 4 is 28.9 Å². The fourth-order valence-electron chi connectivity index (χ4n) is 1.91. The standard InChI is InChI=1S/C13H14N6O2S/c1-20-9-5-8(6-10(7-9)21-2)16-12-17-11(14)18-19(12)13-15-3-4-22-13/h3-7H,1-2H3,(H3,14,16,17,18)/p+1. The Labute approximate surface area is 130 Å². The Hall–Kier alpha value is -2.81. The van der Waals surface area contributed by atoms with Gasteiger partial charge in [-0.3, -0.25) is 5.32 Å². The highest BCUT2D eigenvalue weighted by Crippen LogP contribution is 2.27. The second-order valence-electron chi connectivity index (χ2n) is 4.31. The van der Waals surface area contributed by atoms with Crippen LogP contribution in [0.2, 0.25) is 0 Å².